The third kappa shape index (κ3) is 5.56. The summed E-state index contributed by atoms with van der Waals surface area (Å²) in [5.41, 5.74) is -2.08. The summed E-state index contributed by atoms with van der Waals surface area (Å²) in [6.07, 6.45) is -4.61. The zero-order valence-corrected chi connectivity index (χ0v) is 15.9. The van der Waals surface area contributed by atoms with Crippen LogP contribution in [0.2, 0.25) is 0 Å². The standard InChI is InChI=1S/C21H13F6N3O2/c22-12-4-6-15(17(24)9-12)19(31)28-14-5-7-16(23)18(10-14)30-20(32)29-13-3-1-2-11(8-13)21(25,26)27/h1-10H,(H,28,31)(H2,29,30,32). The van der Waals surface area contributed by atoms with Crippen molar-refractivity contribution >= 4 is 29.0 Å². The Kier molecular flexibility index (Phi) is 6.37. The van der Waals surface area contributed by atoms with Crippen LogP contribution in [0.5, 0.6) is 0 Å². The number of amides is 3. The second kappa shape index (κ2) is 9.00. The van der Waals surface area contributed by atoms with Gasteiger partial charge in [-0.3, -0.25) is 4.79 Å². The van der Waals surface area contributed by atoms with Crippen LogP contribution in [0.15, 0.2) is 60.7 Å². The maximum Gasteiger partial charge on any atom is 0.416 e. The fourth-order valence-corrected chi connectivity index (χ4v) is 2.63. The van der Waals surface area contributed by atoms with Gasteiger partial charge in [0.05, 0.1) is 16.8 Å². The second-order valence-corrected chi connectivity index (χ2v) is 6.43. The summed E-state index contributed by atoms with van der Waals surface area (Å²) in [5.74, 6) is -3.84. The first-order valence-corrected chi connectivity index (χ1v) is 8.84. The Labute approximate surface area is 177 Å². The molecule has 166 valence electrons. The average molecular weight is 453 g/mol. The Morgan fingerprint density at radius 2 is 1.44 bits per heavy atom. The zero-order chi connectivity index (χ0) is 23.5. The molecule has 0 fully saturated rings. The first-order chi connectivity index (χ1) is 15.0. The van der Waals surface area contributed by atoms with E-state index < -0.39 is 52.4 Å². The molecule has 0 aromatic heterocycles. The predicted molar refractivity (Wildman–Crippen MR) is 105 cm³/mol. The molecule has 3 aromatic carbocycles. The van der Waals surface area contributed by atoms with Crippen LogP contribution in [0.3, 0.4) is 0 Å². The number of urea groups is 1. The largest absolute Gasteiger partial charge is 0.416 e. The number of carbonyl (C=O) groups excluding carboxylic acids is 2. The maximum atomic E-state index is 14.1. The number of alkyl halides is 3. The SMILES string of the molecule is O=C(Nc1cccc(C(F)(F)F)c1)Nc1cc(NC(=O)c2ccc(F)cc2F)ccc1F. The molecule has 0 bridgehead atoms. The molecule has 0 spiro atoms. The molecule has 0 aliphatic heterocycles. The van der Waals surface area contributed by atoms with Crippen molar-refractivity contribution in [3.05, 3.63) is 89.2 Å². The first-order valence-electron chi connectivity index (χ1n) is 8.84. The smallest absolute Gasteiger partial charge is 0.322 e. The Balaban J connectivity index is 1.72. The van der Waals surface area contributed by atoms with Gasteiger partial charge in [0.2, 0.25) is 0 Å². The third-order valence-electron chi connectivity index (χ3n) is 4.10. The van der Waals surface area contributed by atoms with Gasteiger partial charge < -0.3 is 16.0 Å². The van der Waals surface area contributed by atoms with E-state index in [1.54, 1.807) is 0 Å². The van der Waals surface area contributed by atoms with E-state index in [9.17, 15) is 35.9 Å². The highest BCUT2D eigenvalue weighted by Gasteiger charge is 2.30. The van der Waals surface area contributed by atoms with Gasteiger partial charge >= 0.3 is 12.2 Å². The van der Waals surface area contributed by atoms with Crippen LogP contribution in [0.25, 0.3) is 0 Å². The van der Waals surface area contributed by atoms with Gasteiger partial charge in [0, 0.05) is 17.4 Å². The average Bonchev–Trinajstić information content (AvgIpc) is 2.70. The zero-order valence-electron chi connectivity index (χ0n) is 15.9. The number of carbonyl (C=O) groups is 2. The van der Waals surface area contributed by atoms with Crippen molar-refractivity contribution in [2.75, 3.05) is 16.0 Å². The van der Waals surface area contributed by atoms with Gasteiger partial charge in [0.25, 0.3) is 5.91 Å². The molecule has 0 saturated carbocycles. The molecule has 3 rings (SSSR count). The molecular formula is C21H13F6N3O2. The summed E-state index contributed by atoms with van der Waals surface area (Å²) in [6, 6.07) is 8.13. The van der Waals surface area contributed by atoms with Crippen molar-refractivity contribution in [2.45, 2.75) is 6.18 Å². The van der Waals surface area contributed by atoms with E-state index in [0.29, 0.717) is 12.1 Å². The number of benzene rings is 3. The van der Waals surface area contributed by atoms with Crippen molar-refractivity contribution in [3.8, 4) is 0 Å². The summed E-state index contributed by atoms with van der Waals surface area (Å²) in [6.45, 7) is 0. The van der Waals surface area contributed by atoms with Crippen LogP contribution < -0.4 is 16.0 Å². The minimum absolute atomic E-state index is 0.0329. The van der Waals surface area contributed by atoms with Gasteiger partial charge in [0.15, 0.2) is 0 Å². The minimum Gasteiger partial charge on any atom is -0.322 e. The highest BCUT2D eigenvalue weighted by atomic mass is 19.4. The molecule has 3 aromatic rings. The molecule has 0 aliphatic carbocycles. The molecule has 0 radical (unpaired) electrons. The summed E-state index contributed by atoms with van der Waals surface area (Å²) in [4.78, 5) is 24.2. The monoisotopic (exact) mass is 453 g/mol. The number of rotatable bonds is 4. The van der Waals surface area contributed by atoms with Gasteiger partial charge in [-0.2, -0.15) is 13.2 Å². The number of halogens is 6. The van der Waals surface area contributed by atoms with Crippen molar-refractivity contribution in [3.63, 3.8) is 0 Å². The van der Waals surface area contributed by atoms with Gasteiger partial charge in [-0.25, -0.2) is 18.0 Å². The van der Waals surface area contributed by atoms with E-state index in [4.69, 9.17) is 0 Å². The number of nitrogens with one attached hydrogen (secondary N) is 3. The van der Waals surface area contributed by atoms with Gasteiger partial charge in [-0.05, 0) is 48.5 Å². The molecule has 0 aliphatic rings. The van der Waals surface area contributed by atoms with Crippen LogP contribution in [-0.2, 0) is 6.18 Å². The number of hydrogen-bond donors (Lipinski definition) is 3. The summed E-state index contributed by atoms with van der Waals surface area (Å²) >= 11 is 0. The molecule has 0 atom stereocenters. The topological polar surface area (TPSA) is 70.2 Å². The van der Waals surface area contributed by atoms with Crippen LogP contribution in [-0.4, -0.2) is 11.9 Å². The van der Waals surface area contributed by atoms with Crippen molar-refractivity contribution in [1.82, 2.24) is 0 Å². The molecule has 3 N–H and O–H groups in total. The Morgan fingerprint density at radius 3 is 2.12 bits per heavy atom. The van der Waals surface area contributed by atoms with Crippen molar-refractivity contribution in [1.29, 1.82) is 0 Å². The minimum atomic E-state index is -4.61. The number of hydrogen-bond acceptors (Lipinski definition) is 2. The lowest BCUT2D eigenvalue weighted by Gasteiger charge is -2.12. The maximum absolute atomic E-state index is 14.1. The van der Waals surface area contributed by atoms with E-state index in [1.165, 1.54) is 6.07 Å². The summed E-state index contributed by atoms with van der Waals surface area (Å²) < 4.78 is 79.1. The first kappa shape index (κ1) is 22.7. The quantitative estimate of drug-likeness (QED) is 0.423. The Bertz CT molecular complexity index is 1180. The lowest BCUT2D eigenvalue weighted by molar-refractivity contribution is -0.137. The molecule has 11 heteroatoms. The highest BCUT2D eigenvalue weighted by molar-refractivity contribution is 6.05. The lowest BCUT2D eigenvalue weighted by atomic mass is 10.2. The van der Waals surface area contributed by atoms with E-state index in [0.717, 1.165) is 42.5 Å². The molecule has 0 saturated heterocycles. The fraction of sp³-hybridized carbons (Fsp3) is 0.0476. The van der Waals surface area contributed by atoms with Gasteiger partial charge in [0.1, 0.15) is 17.5 Å². The molecule has 3 amide bonds. The molecular weight excluding hydrogens is 440 g/mol. The van der Waals surface area contributed by atoms with E-state index in [2.05, 4.69) is 16.0 Å². The molecule has 32 heavy (non-hydrogen) atoms. The van der Waals surface area contributed by atoms with E-state index in [-0.39, 0.29) is 11.4 Å². The Hall–Kier alpha value is -4.02. The number of anilines is 3. The highest BCUT2D eigenvalue weighted by Crippen LogP contribution is 2.30. The second-order valence-electron chi connectivity index (χ2n) is 6.43. The lowest BCUT2D eigenvalue weighted by Crippen LogP contribution is -2.21. The van der Waals surface area contributed by atoms with Gasteiger partial charge in [-0.1, -0.05) is 6.07 Å². The Morgan fingerprint density at radius 1 is 0.719 bits per heavy atom. The van der Waals surface area contributed by atoms with Crippen LogP contribution in [0, 0.1) is 17.5 Å². The third-order valence-corrected chi connectivity index (χ3v) is 4.10. The summed E-state index contributed by atoms with van der Waals surface area (Å²) in [7, 11) is 0. The van der Waals surface area contributed by atoms with E-state index in [1.807, 2.05) is 0 Å². The predicted octanol–water partition coefficient (Wildman–Crippen LogP) is 6.02. The van der Waals surface area contributed by atoms with Gasteiger partial charge in [-0.15, -0.1) is 0 Å². The normalized spacial score (nSPS) is 11.1. The van der Waals surface area contributed by atoms with Crippen LogP contribution >= 0.6 is 0 Å². The van der Waals surface area contributed by atoms with E-state index >= 15 is 0 Å². The van der Waals surface area contributed by atoms with Crippen LogP contribution in [0.4, 0.5) is 48.2 Å². The molecule has 0 heterocycles. The van der Waals surface area contributed by atoms with Crippen molar-refractivity contribution < 1.29 is 35.9 Å². The van der Waals surface area contributed by atoms with Crippen LogP contribution in [0.1, 0.15) is 15.9 Å². The van der Waals surface area contributed by atoms with Crippen molar-refractivity contribution in [2.24, 2.45) is 0 Å². The summed E-state index contributed by atoms with van der Waals surface area (Å²) in [5, 5.41) is 6.52. The fourth-order valence-electron chi connectivity index (χ4n) is 2.63. The molecule has 0 unspecified atom stereocenters. The molecule has 5 nitrogen and oxygen atoms in total.